The fourth-order valence-corrected chi connectivity index (χ4v) is 3.40. The average Bonchev–Trinajstić information content (AvgIpc) is 2.54. The standard InChI is InChI=1S/C12H20N4O2S/c1-2-13-12-9-14-11(8-15-12)10-16-4-3-6-19(17,18)7-5-16/h8-9H,2-7,10H2,1H3,(H,13,15). The van der Waals surface area contributed by atoms with E-state index < -0.39 is 9.84 Å². The van der Waals surface area contributed by atoms with Crippen LogP contribution in [0.15, 0.2) is 12.4 Å². The van der Waals surface area contributed by atoms with Gasteiger partial charge in [0.25, 0.3) is 0 Å². The molecule has 2 heterocycles. The zero-order chi connectivity index (χ0) is 13.7. The molecule has 0 amide bonds. The number of anilines is 1. The molecule has 1 saturated heterocycles. The minimum atomic E-state index is -2.85. The van der Waals surface area contributed by atoms with E-state index in [9.17, 15) is 8.42 Å². The van der Waals surface area contributed by atoms with Gasteiger partial charge in [-0.2, -0.15) is 0 Å². The second-order valence-electron chi connectivity index (χ2n) is 4.70. The summed E-state index contributed by atoms with van der Waals surface area (Å²) in [4.78, 5) is 10.7. The number of hydrogen-bond acceptors (Lipinski definition) is 6. The molecular weight excluding hydrogens is 264 g/mol. The monoisotopic (exact) mass is 284 g/mol. The summed E-state index contributed by atoms with van der Waals surface area (Å²) in [6, 6.07) is 0. The van der Waals surface area contributed by atoms with E-state index in [2.05, 4.69) is 20.2 Å². The summed E-state index contributed by atoms with van der Waals surface area (Å²) in [6.45, 7) is 4.87. The van der Waals surface area contributed by atoms with Gasteiger partial charge in [0, 0.05) is 19.6 Å². The quantitative estimate of drug-likeness (QED) is 0.869. The molecule has 106 valence electrons. The molecule has 0 unspecified atom stereocenters. The third kappa shape index (κ3) is 4.43. The van der Waals surface area contributed by atoms with Crippen LogP contribution in [0.1, 0.15) is 19.0 Å². The molecule has 0 aromatic carbocycles. The highest BCUT2D eigenvalue weighted by Crippen LogP contribution is 2.09. The first-order chi connectivity index (χ1) is 9.09. The first-order valence-corrected chi connectivity index (χ1v) is 8.39. The summed E-state index contributed by atoms with van der Waals surface area (Å²) in [5.41, 5.74) is 0.876. The SMILES string of the molecule is CCNc1cnc(CN2CCCS(=O)(=O)CC2)cn1. The summed E-state index contributed by atoms with van der Waals surface area (Å²) in [6.07, 6.45) is 4.16. The number of aromatic nitrogens is 2. The summed E-state index contributed by atoms with van der Waals surface area (Å²) >= 11 is 0. The van der Waals surface area contributed by atoms with Gasteiger partial charge >= 0.3 is 0 Å². The van der Waals surface area contributed by atoms with Crippen molar-refractivity contribution in [3.8, 4) is 0 Å². The van der Waals surface area contributed by atoms with Crippen molar-refractivity contribution in [2.45, 2.75) is 19.9 Å². The van der Waals surface area contributed by atoms with Crippen LogP contribution in [-0.4, -0.2) is 54.4 Å². The maximum atomic E-state index is 11.5. The molecule has 0 spiro atoms. The van der Waals surface area contributed by atoms with Crippen LogP contribution in [0.4, 0.5) is 5.82 Å². The highest BCUT2D eigenvalue weighted by Gasteiger charge is 2.19. The van der Waals surface area contributed by atoms with Crippen molar-refractivity contribution in [3.63, 3.8) is 0 Å². The molecule has 0 saturated carbocycles. The Hall–Kier alpha value is -1.21. The molecular formula is C12H20N4O2S. The van der Waals surface area contributed by atoms with Gasteiger partial charge in [0.05, 0.1) is 29.6 Å². The Kier molecular flexibility index (Phi) is 4.71. The highest BCUT2D eigenvalue weighted by molar-refractivity contribution is 7.91. The van der Waals surface area contributed by atoms with Gasteiger partial charge in [-0.15, -0.1) is 0 Å². The Labute approximate surface area is 114 Å². The lowest BCUT2D eigenvalue weighted by Crippen LogP contribution is -2.27. The summed E-state index contributed by atoms with van der Waals surface area (Å²) in [5, 5.41) is 3.09. The summed E-state index contributed by atoms with van der Waals surface area (Å²) < 4.78 is 23.0. The molecule has 1 aliphatic rings. The Morgan fingerprint density at radius 3 is 2.79 bits per heavy atom. The molecule has 1 fully saturated rings. The van der Waals surface area contributed by atoms with Crippen LogP contribution >= 0.6 is 0 Å². The summed E-state index contributed by atoms with van der Waals surface area (Å²) in [7, 11) is -2.85. The lowest BCUT2D eigenvalue weighted by molar-refractivity contribution is 0.283. The van der Waals surface area contributed by atoms with E-state index in [4.69, 9.17) is 0 Å². The molecule has 1 aliphatic heterocycles. The molecule has 6 nitrogen and oxygen atoms in total. The van der Waals surface area contributed by atoms with Gasteiger partial charge in [-0.1, -0.05) is 0 Å². The second-order valence-corrected chi connectivity index (χ2v) is 7.01. The fraction of sp³-hybridized carbons (Fsp3) is 0.667. The minimum Gasteiger partial charge on any atom is -0.369 e. The van der Waals surface area contributed by atoms with E-state index in [0.29, 0.717) is 25.3 Å². The van der Waals surface area contributed by atoms with Crippen molar-refractivity contribution >= 4 is 15.7 Å². The van der Waals surface area contributed by atoms with Crippen LogP contribution in [-0.2, 0) is 16.4 Å². The lowest BCUT2D eigenvalue weighted by atomic mass is 10.3. The van der Waals surface area contributed by atoms with Gasteiger partial charge in [-0.25, -0.2) is 13.4 Å². The maximum absolute atomic E-state index is 11.5. The smallest absolute Gasteiger partial charge is 0.151 e. The second kappa shape index (κ2) is 6.29. The average molecular weight is 284 g/mol. The molecule has 0 atom stereocenters. The Morgan fingerprint density at radius 1 is 1.26 bits per heavy atom. The van der Waals surface area contributed by atoms with Gasteiger partial charge in [-0.05, 0) is 19.9 Å². The van der Waals surface area contributed by atoms with Crippen LogP contribution in [0.2, 0.25) is 0 Å². The topological polar surface area (TPSA) is 75.2 Å². The Balaban J connectivity index is 1.93. The van der Waals surface area contributed by atoms with E-state index in [1.807, 2.05) is 6.92 Å². The first kappa shape index (κ1) is 14.2. The molecule has 0 aliphatic carbocycles. The maximum Gasteiger partial charge on any atom is 0.151 e. The minimum absolute atomic E-state index is 0.246. The largest absolute Gasteiger partial charge is 0.369 e. The van der Waals surface area contributed by atoms with Gasteiger partial charge in [0.15, 0.2) is 9.84 Å². The molecule has 2 rings (SSSR count). The third-order valence-corrected chi connectivity index (χ3v) is 4.81. The molecule has 7 heteroatoms. The lowest BCUT2D eigenvalue weighted by Gasteiger charge is -2.18. The highest BCUT2D eigenvalue weighted by atomic mass is 32.2. The van der Waals surface area contributed by atoms with Crippen molar-refractivity contribution in [2.75, 3.05) is 36.5 Å². The van der Waals surface area contributed by atoms with Crippen LogP contribution < -0.4 is 5.32 Å². The first-order valence-electron chi connectivity index (χ1n) is 6.56. The molecule has 1 aromatic rings. The molecule has 0 radical (unpaired) electrons. The van der Waals surface area contributed by atoms with Crippen LogP contribution in [0.5, 0.6) is 0 Å². The zero-order valence-electron chi connectivity index (χ0n) is 11.2. The predicted molar refractivity (Wildman–Crippen MR) is 74.7 cm³/mol. The van der Waals surface area contributed by atoms with Crippen molar-refractivity contribution in [3.05, 3.63) is 18.1 Å². The van der Waals surface area contributed by atoms with E-state index in [1.54, 1.807) is 12.4 Å². The number of nitrogens with one attached hydrogen (secondary N) is 1. The van der Waals surface area contributed by atoms with Crippen LogP contribution in [0, 0.1) is 0 Å². The number of hydrogen-bond donors (Lipinski definition) is 1. The van der Waals surface area contributed by atoms with E-state index in [1.165, 1.54) is 0 Å². The molecule has 1 N–H and O–H groups in total. The van der Waals surface area contributed by atoms with E-state index in [-0.39, 0.29) is 5.75 Å². The fourth-order valence-electron chi connectivity index (χ4n) is 2.09. The normalized spacial score (nSPS) is 19.8. The van der Waals surface area contributed by atoms with Gasteiger partial charge in [-0.3, -0.25) is 9.88 Å². The Bertz CT molecular complexity index is 501. The predicted octanol–water partition coefficient (Wildman–Crippen LogP) is 0.529. The number of nitrogens with zero attached hydrogens (tertiary/aromatic N) is 3. The van der Waals surface area contributed by atoms with E-state index >= 15 is 0 Å². The van der Waals surface area contributed by atoms with Gasteiger partial charge < -0.3 is 5.32 Å². The van der Waals surface area contributed by atoms with E-state index in [0.717, 1.165) is 24.6 Å². The Morgan fingerprint density at radius 2 is 2.11 bits per heavy atom. The molecule has 19 heavy (non-hydrogen) atoms. The van der Waals surface area contributed by atoms with Crippen molar-refractivity contribution in [2.24, 2.45) is 0 Å². The van der Waals surface area contributed by atoms with Gasteiger partial charge in [0.1, 0.15) is 5.82 Å². The van der Waals surface area contributed by atoms with Crippen molar-refractivity contribution in [1.29, 1.82) is 0 Å². The van der Waals surface area contributed by atoms with Crippen molar-refractivity contribution in [1.82, 2.24) is 14.9 Å². The van der Waals surface area contributed by atoms with Crippen LogP contribution in [0.3, 0.4) is 0 Å². The number of sulfone groups is 1. The summed E-state index contributed by atoms with van der Waals surface area (Å²) in [5.74, 6) is 1.31. The van der Waals surface area contributed by atoms with Crippen molar-refractivity contribution < 1.29 is 8.42 Å². The zero-order valence-corrected chi connectivity index (χ0v) is 12.0. The molecule has 1 aromatic heterocycles. The van der Waals surface area contributed by atoms with Gasteiger partial charge in [0.2, 0.25) is 0 Å². The van der Waals surface area contributed by atoms with Crippen LogP contribution in [0.25, 0.3) is 0 Å². The number of rotatable bonds is 4. The third-order valence-electron chi connectivity index (χ3n) is 3.10. The molecule has 0 bridgehead atoms.